The Balaban J connectivity index is 2.94. The lowest BCUT2D eigenvalue weighted by atomic mass is 10.1. The van der Waals surface area contributed by atoms with Crippen LogP contribution in [0.2, 0.25) is 5.02 Å². The minimum absolute atomic E-state index is 0.518. The van der Waals surface area contributed by atoms with Crippen molar-refractivity contribution in [3.63, 3.8) is 0 Å². The number of hydrogen-bond donors (Lipinski definition) is 0. The molecule has 0 aliphatic heterocycles. The van der Waals surface area contributed by atoms with Crippen LogP contribution < -0.4 is 4.90 Å². The second kappa shape index (κ2) is 8.66. The van der Waals surface area contributed by atoms with E-state index in [4.69, 9.17) is 23.2 Å². The summed E-state index contributed by atoms with van der Waals surface area (Å²) in [7, 11) is 0. The standard InChI is InChI=1S/C15H23Cl2N/c1-3-5-10-18(11-6-4-2)15-13(12-16)8-7-9-14(15)17/h7-9H,3-6,10-12H2,1-2H3. The van der Waals surface area contributed by atoms with Gasteiger partial charge in [0.1, 0.15) is 0 Å². The Labute approximate surface area is 121 Å². The Hall–Kier alpha value is -0.400. The molecule has 102 valence electrons. The third-order valence-corrected chi connectivity index (χ3v) is 3.69. The van der Waals surface area contributed by atoms with Crippen LogP contribution in [0.4, 0.5) is 5.69 Å². The minimum Gasteiger partial charge on any atom is -0.370 e. The van der Waals surface area contributed by atoms with Crippen molar-refractivity contribution >= 4 is 28.9 Å². The van der Waals surface area contributed by atoms with Crippen LogP contribution in [0.5, 0.6) is 0 Å². The predicted molar refractivity (Wildman–Crippen MR) is 83.0 cm³/mol. The zero-order valence-electron chi connectivity index (χ0n) is 11.4. The van der Waals surface area contributed by atoms with Gasteiger partial charge in [0.2, 0.25) is 0 Å². The maximum Gasteiger partial charge on any atom is 0.0642 e. The molecule has 0 spiro atoms. The summed E-state index contributed by atoms with van der Waals surface area (Å²) in [5.41, 5.74) is 2.27. The summed E-state index contributed by atoms with van der Waals surface area (Å²) < 4.78 is 0. The Kier molecular flexibility index (Phi) is 7.53. The second-order valence-corrected chi connectivity index (χ2v) is 5.25. The molecule has 0 unspecified atom stereocenters. The molecule has 0 aromatic heterocycles. The average Bonchev–Trinajstić information content (AvgIpc) is 2.39. The summed E-state index contributed by atoms with van der Waals surface area (Å²) in [6, 6.07) is 6.00. The van der Waals surface area contributed by atoms with Crippen LogP contribution in [0.25, 0.3) is 0 Å². The summed E-state index contributed by atoms with van der Waals surface area (Å²) in [4.78, 5) is 2.40. The van der Waals surface area contributed by atoms with Crippen molar-refractivity contribution < 1.29 is 0 Å². The zero-order valence-corrected chi connectivity index (χ0v) is 12.9. The monoisotopic (exact) mass is 287 g/mol. The number of hydrogen-bond acceptors (Lipinski definition) is 1. The lowest BCUT2D eigenvalue weighted by Crippen LogP contribution is -2.26. The molecule has 18 heavy (non-hydrogen) atoms. The number of benzene rings is 1. The first-order valence-electron chi connectivity index (χ1n) is 6.82. The number of unbranched alkanes of at least 4 members (excludes halogenated alkanes) is 2. The van der Waals surface area contributed by atoms with Crippen molar-refractivity contribution in [1.82, 2.24) is 0 Å². The largest absolute Gasteiger partial charge is 0.370 e. The van der Waals surface area contributed by atoms with Gasteiger partial charge >= 0.3 is 0 Å². The van der Waals surface area contributed by atoms with E-state index in [0.29, 0.717) is 5.88 Å². The summed E-state index contributed by atoms with van der Waals surface area (Å²) in [5, 5.41) is 0.820. The van der Waals surface area contributed by atoms with Crippen LogP contribution in [0.1, 0.15) is 45.1 Å². The van der Waals surface area contributed by atoms with Crippen LogP contribution in [0.3, 0.4) is 0 Å². The van der Waals surface area contributed by atoms with E-state index in [0.717, 1.165) is 29.4 Å². The molecule has 1 aromatic rings. The Bertz CT molecular complexity index is 344. The molecule has 1 rings (SSSR count). The van der Waals surface area contributed by atoms with Gasteiger partial charge in [0.15, 0.2) is 0 Å². The van der Waals surface area contributed by atoms with Gasteiger partial charge in [-0.3, -0.25) is 0 Å². The molecule has 0 saturated carbocycles. The van der Waals surface area contributed by atoms with Gasteiger partial charge in [-0.15, -0.1) is 11.6 Å². The van der Waals surface area contributed by atoms with Gasteiger partial charge in [0.25, 0.3) is 0 Å². The number of nitrogens with zero attached hydrogens (tertiary/aromatic N) is 1. The van der Waals surface area contributed by atoms with Crippen LogP contribution in [-0.4, -0.2) is 13.1 Å². The quantitative estimate of drug-likeness (QED) is 0.572. The highest BCUT2D eigenvalue weighted by Gasteiger charge is 2.13. The molecule has 0 aliphatic carbocycles. The molecular weight excluding hydrogens is 265 g/mol. The molecule has 0 heterocycles. The van der Waals surface area contributed by atoms with E-state index in [1.165, 1.54) is 25.7 Å². The van der Waals surface area contributed by atoms with Crippen molar-refractivity contribution in [2.24, 2.45) is 0 Å². The van der Waals surface area contributed by atoms with Gasteiger partial charge < -0.3 is 4.90 Å². The Morgan fingerprint density at radius 3 is 2.17 bits per heavy atom. The molecule has 0 saturated heterocycles. The summed E-state index contributed by atoms with van der Waals surface area (Å²) in [6.45, 7) is 6.55. The fourth-order valence-corrected chi connectivity index (χ4v) is 2.58. The van der Waals surface area contributed by atoms with Gasteiger partial charge in [0.05, 0.1) is 10.7 Å². The van der Waals surface area contributed by atoms with Gasteiger partial charge in [-0.05, 0) is 24.5 Å². The highest BCUT2D eigenvalue weighted by atomic mass is 35.5. The van der Waals surface area contributed by atoms with Crippen molar-refractivity contribution in [1.29, 1.82) is 0 Å². The fraction of sp³-hybridized carbons (Fsp3) is 0.600. The summed E-state index contributed by atoms with van der Waals surface area (Å²) in [5.74, 6) is 0.518. The van der Waals surface area contributed by atoms with Crippen LogP contribution in [0.15, 0.2) is 18.2 Å². The predicted octanol–water partition coefficient (Wildman–Crippen LogP) is 5.49. The second-order valence-electron chi connectivity index (χ2n) is 4.58. The topological polar surface area (TPSA) is 3.24 Å². The maximum absolute atomic E-state index is 6.36. The van der Waals surface area contributed by atoms with E-state index in [-0.39, 0.29) is 0 Å². The van der Waals surface area contributed by atoms with Crippen LogP contribution in [0, 0.1) is 0 Å². The number of rotatable bonds is 8. The number of alkyl halides is 1. The highest BCUT2D eigenvalue weighted by molar-refractivity contribution is 6.33. The van der Waals surface area contributed by atoms with E-state index in [1.807, 2.05) is 12.1 Å². The Morgan fingerprint density at radius 2 is 1.67 bits per heavy atom. The third kappa shape index (κ3) is 4.37. The maximum atomic E-state index is 6.36. The zero-order chi connectivity index (χ0) is 13.4. The first-order valence-corrected chi connectivity index (χ1v) is 7.74. The molecule has 0 radical (unpaired) electrons. The lowest BCUT2D eigenvalue weighted by Gasteiger charge is -2.27. The Morgan fingerprint density at radius 1 is 1.06 bits per heavy atom. The van der Waals surface area contributed by atoms with Gasteiger partial charge in [-0.1, -0.05) is 50.4 Å². The molecule has 3 heteroatoms. The summed E-state index contributed by atoms with van der Waals surface area (Å²) >= 11 is 12.4. The van der Waals surface area contributed by atoms with Crippen LogP contribution >= 0.6 is 23.2 Å². The van der Waals surface area contributed by atoms with Gasteiger partial charge in [-0.2, -0.15) is 0 Å². The van der Waals surface area contributed by atoms with Crippen molar-refractivity contribution in [3.8, 4) is 0 Å². The average molecular weight is 288 g/mol. The minimum atomic E-state index is 0.518. The van der Waals surface area contributed by atoms with Crippen LogP contribution in [-0.2, 0) is 5.88 Å². The van der Waals surface area contributed by atoms with Crippen molar-refractivity contribution in [2.75, 3.05) is 18.0 Å². The fourth-order valence-electron chi connectivity index (χ4n) is 2.06. The first-order chi connectivity index (χ1) is 8.74. The van der Waals surface area contributed by atoms with E-state index < -0.39 is 0 Å². The molecule has 1 nitrogen and oxygen atoms in total. The van der Waals surface area contributed by atoms with E-state index in [2.05, 4.69) is 24.8 Å². The first kappa shape index (κ1) is 15.7. The van der Waals surface area contributed by atoms with Gasteiger partial charge in [0, 0.05) is 19.0 Å². The third-order valence-electron chi connectivity index (χ3n) is 3.09. The van der Waals surface area contributed by atoms with E-state index in [1.54, 1.807) is 0 Å². The summed E-state index contributed by atoms with van der Waals surface area (Å²) in [6.07, 6.45) is 4.78. The molecule has 0 aliphatic rings. The molecule has 0 bridgehead atoms. The van der Waals surface area contributed by atoms with Gasteiger partial charge in [-0.25, -0.2) is 0 Å². The SMILES string of the molecule is CCCCN(CCCC)c1c(Cl)cccc1CCl. The molecule has 0 N–H and O–H groups in total. The van der Waals surface area contributed by atoms with Crippen molar-refractivity contribution in [3.05, 3.63) is 28.8 Å². The number of para-hydroxylation sites is 1. The molecule has 0 amide bonds. The number of halogens is 2. The van der Waals surface area contributed by atoms with E-state index in [9.17, 15) is 0 Å². The molecular formula is C15H23Cl2N. The molecule has 1 aromatic carbocycles. The molecule has 0 atom stereocenters. The smallest absolute Gasteiger partial charge is 0.0642 e. The molecule has 0 fully saturated rings. The lowest BCUT2D eigenvalue weighted by molar-refractivity contribution is 0.676. The van der Waals surface area contributed by atoms with Crippen molar-refractivity contribution in [2.45, 2.75) is 45.4 Å². The number of anilines is 1. The normalized spacial score (nSPS) is 10.7. The van der Waals surface area contributed by atoms with E-state index >= 15 is 0 Å². The highest BCUT2D eigenvalue weighted by Crippen LogP contribution is 2.31.